The second kappa shape index (κ2) is 9.34. The number of amides is 3. The van der Waals surface area contributed by atoms with Gasteiger partial charge in [-0.25, -0.2) is 20.0 Å². The molecule has 0 aromatic heterocycles. The summed E-state index contributed by atoms with van der Waals surface area (Å²) in [5.74, 6) is -0.359. The van der Waals surface area contributed by atoms with Gasteiger partial charge in [0.05, 0.1) is 25.3 Å². The molecule has 2 aliphatic rings. The van der Waals surface area contributed by atoms with Crippen molar-refractivity contribution in [2.75, 3.05) is 13.2 Å². The number of carbonyl (C=O) groups is 3. The van der Waals surface area contributed by atoms with Crippen molar-refractivity contribution in [1.29, 1.82) is 0 Å². The summed E-state index contributed by atoms with van der Waals surface area (Å²) in [6, 6.07) is 6.85. The van der Waals surface area contributed by atoms with E-state index in [2.05, 4.69) is 21.4 Å². The highest BCUT2D eigenvalue weighted by Crippen LogP contribution is 2.41. The average Bonchev–Trinajstić information content (AvgIpc) is 3.26. The van der Waals surface area contributed by atoms with Gasteiger partial charge in [-0.3, -0.25) is 4.79 Å². The van der Waals surface area contributed by atoms with Crippen molar-refractivity contribution >= 4 is 39.7 Å². The number of fused-ring (bicyclic) bond motifs is 1. The van der Waals surface area contributed by atoms with Gasteiger partial charge in [-0.05, 0) is 31.5 Å². The quantitative estimate of drug-likeness (QED) is 0.527. The van der Waals surface area contributed by atoms with Gasteiger partial charge in [0.1, 0.15) is 0 Å². The predicted molar refractivity (Wildman–Crippen MR) is 114 cm³/mol. The molecule has 1 aromatic rings. The molecule has 1 N–H and O–H groups in total. The van der Waals surface area contributed by atoms with Gasteiger partial charge in [0.2, 0.25) is 5.91 Å². The van der Waals surface area contributed by atoms with Crippen molar-refractivity contribution in [3.8, 4) is 0 Å². The molecule has 9 heteroatoms. The fourth-order valence-electron chi connectivity index (χ4n) is 3.76. The molecular weight excluding hydrogens is 454 g/mol. The summed E-state index contributed by atoms with van der Waals surface area (Å²) in [5.41, 5.74) is 4.12. The first kappa shape index (κ1) is 21.9. The van der Waals surface area contributed by atoms with Crippen LogP contribution in [0.15, 0.2) is 47.0 Å². The molecule has 1 aliphatic heterocycles. The third-order valence-corrected chi connectivity index (χ3v) is 5.46. The largest absolute Gasteiger partial charge is 0.449 e. The van der Waals surface area contributed by atoms with Crippen LogP contribution in [0, 0.1) is 5.92 Å². The molecule has 0 fully saturated rings. The Bertz CT molecular complexity index is 883. The summed E-state index contributed by atoms with van der Waals surface area (Å²) in [6.45, 7) is 5.20. The lowest BCUT2D eigenvalue weighted by Crippen LogP contribution is -2.54. The Morgan fingerprint density at radius 2 is 1.77 bits per heavy atom. The topological polar surface area (TPSA) is 88.2 Å². The molecule has 0 radical (unpaired) electrons. The summed E-state index contributed by atoms with van der Waals surface area (Å²) in [4.78, 5) is 38.7. The minimum absolute atomic E-state index is 0.108. The Kier molecular flexibility index (Phi) is 6.81. The number of benzene rings is 1. The number of nitrogens with zero attached hydrogens (tertiary/aromatic N) is 2. The molecule has 0 saturated heterocycles. The van der Waals surface area contributed by atoms with Crippen molar-refractivity contribution in [2.45, 2.75) is 32.9 Å². The van der Waals surface area contributed by atoms with E-state index in [-0.39, 0.29) is 31.1 Å². The Balaban J connectivity index is 1.93. The summed E-state index contributed by atoms with van der Waals surface area (Å²) in [6.07, 6.45) is 4.18. The summed E-state index contributed by atoms with van der Waals surface area (Å²) in [7, 11) is 0. The Labute approximate surface area is 183 Å². The Hall–Kier alpha value is -2.81. The lowest BCUT2D eigenvalue weighted by atomic mass is 9.99. The monoisotopic (exact) mass is 477 g/mol. The molecule has 1 aliphatic carbocycles. The summed E-state index contributed by atoms with van der Waals surface area (Å²) < 4.78 is 11.0. The van der Waals surface area contributed by atoms with E-state index >= 15 is 0 Å². The number of nitrogens with one attached hydrogen (secondary N) is 1. The molecule has 1 unspecified atom stereocenters. The van der Waals surface area contributed by atoms with Gasteiger partial charge < -0.3 is 14.4 Å². The number of hydrazine groups is 1. The lowest BCUT2D eigenvalue weighted by molar-refractivity contribution is -0.126. The van der Waals surface area contributed by atoms with Crippen LogP contribution in [0.1, 0.15) is 26.3 Å². The van der Waals surface area contributed by atoms with Gasteiger partial charge >= 0.3 is 12.2 Å². The maximum Gasteiger partial charge on any atom is 0.429 e. The van der Waals surface area contributed by atoms with E-state index in [1.807, 2.05) is 36.4 Å². The van der Waals surface area contributed by atoms with E-state index in [0.717, 1.165) is 20.7 Å². The molecule has 1 aromatic carbocycles. The van der Waals surface area contributed by atoms with E-state index in [0.29, 0.717) is 0 Å². The zero-order valence-corrected chi connectivity index (χ0v) is 18.6. The molecule has 3 rings (SSSR count). The van der Waals surface area contributed by atoms with Crippen molar-refractivity contribution in [3.63, 3.8) is 0 Å². The maximum atomic E-state index is 12.6. The first-order chi connectivity index (χ1) is 14.4. The van der Waals surface area contributed by atoms with Gasteiger partial charge in [-0.15, -0.1) is 0 Å². The molecule has 1 heterocycles. The molecule has 8 nitrogen and oxygen atoms in total. The maximum absolute atomic E-state index is 12.6. The third kappa shape index (κ3) is 4.35. The van der Waals surface area contributed by atoms with Crippen molar-refractivity contribution in [2.24, 2.45) is 5.92 Å². The highest BCUT2D eigenvalue weighted by Gasteiger charge is 2.46. The molecule has 30 heavy (non-hydrogen) atoms. The van der Waals surface area contributed by atoms with Gasteiger partial charge in [0.25, 0.3) is 0 Å². The van der Waals surface area contributed by atoms with Crippen LogP contribution in [0.4, 0.5) is 9.59 Å². The van der Waals surface area contributed by atoms with Crippen LogP contribution in [0.2, 0.25) is 0 Å². The van der Waals surface area contributed by atoms with Crippen molar-refractivity contribution < 1.29 is 23.9 Å². The van der Waals surface area contributed by atoms with Gasteiger partial charge in [-0.2, -0.15) is 0 Å². The normalized spacial score (nSPS) is 21.7. The van der Waals surface area contributed by atoms with Crippen LogP contribution in [0.5, 0.6) is 0 Å². The lowest BCUT2D eigenvalue weighted by Gasteiger charge is -2.31. The van der Waals surface area contributed by atoms with Crippen LogP contribution in [-0.4, -0.2) is 53.3 Å². The average molecular weight is 478 g/mol. The number of halogens is 1. The van der Waals surface area contributed by atoms with Gasteiger partial charge in [0, 0.05) is 23.0 Å². The molecule has 0 saturated carbocycles. The Morgan fingerprint density at radius 3 is 2.37 bits per heavy atom. The van der Waals surface area contributed by atoms with E-state index in [9.17, 15) is 14.4 Å². The number of hydrogen-bond acceptors (Lipinski definition) is 5. The molecule has 160 valence electrons. The number of ether oxygens (including phenoxy) is 2. The summed E-state index contributed by atoms with van der Waals surface area (Å²) >= 11 is 3.42. The minimum atomic E-state index is -0.749. The van der Waals surface area contributed by atoms with E-state index in [4.69, 9.17) is 9.47 Å². The number of hydrogen-bond donors (Lipinski definition) is 1. The third-order valence-electron chi connectivity index (χ3n) is 4.93. The first-order valence-electron chi connectivity index (χ1n) is 9.72. The highest BCUT2D eigenvalue weighted by atomic mass is 79.9. The Morgan fingerprint density at radius 1 is 1.10 bits per heavy atom. The van der Waals surface area contributed by atoms with Crippen molar-refractivity contribution in [3.05, 3.63) is 52.5 Å². The zero-order chi connectivity index (χ0) is 21.8. The van der Waals surface area contributed by atoms with Crippen molar-refractivity contribution in [1.82, 2.24) is 15.3 Å². The van der Waals surface area contributed by atoms with Crippen LogP contribution < -0.4 is 5.43 Å². The fourth-order valence-corrected chi connectivity index (χ4v) is 4.02. The van der Waals surface area contributed by atoms with Crippen LogP contribution in [0.25, 0.3) is 5.70 Å². The fraction of sp³-hybridized carbons (Fsp3) is 0.381. The second-order valence-electron chi connectivity index (χ2n) is 6.79. The van der Waals surface area contributed by atoms with E-state index in [1.165, 1.54) is 6.92 Å². The highest BCUT2D eigenvalue weighted by molar-refractivity contribution is 9.10. The molecule has 0 bridgehead atoms. The molecule has 0 spiro atoms. The molecule has 3 atom stereocenters. The second-order valence-corrected chi connectivity index (χ2v) is 7.71. The van der Waals surface area contributed by atoms with E-state index in [1.54, 1.807) is 24.8 Å². The first-order valence-corrected chi connectivity index (χ1v) is 10.5. The predicted octanol–water partition coefficient (Wildman–Crippen LogP) is 3.69. The summed E-state index contributed by atoms with van der Waals surface area (Å²) in [5, 5.41) is 1.13. The smallest absolute Gasteiger partial charge is 0.429 e. The number of carbonyl (C=O) groups excluding carboxylic acids is 3. The minimum Gasteiger partial charge on any atom is -0.449 e. The molecule has 3 amide bonds. The molecular formula is C21H24BrN3O5. The van der Waals surface area contributed by atoms with Gasteiger partial charge in [-0.1, -0.05) is 46.3 Å². The van der Waals surface area contributed by atoms with Crippen LogP contribution >= 0.6 is 15.9 Å². The number of rotatable bonds is 4. The zero-order valence-electron chi connectivity index (χ0n) is 17.0. The standard InChI is InChI=1S/C21H24BrN3O5/c1-4-29-20(27)23-25(21(28)30-5-2)18-11-10-17-16(18)12-19(24(17)13(3)26)14-6-8-15(22)9-7-14/h6-12,16-18H,4-5H2,1-3H3,(H,23,27)/t16-,17-,18?/m1/s1. The SMILES string of the molecule is CCOC(=O)NN(C(=O)OCC)C1C=C[C@@H]2[C@H]1C=C(c1ccc(Br)cc1)N2C(C)=O. The van der Waals surface area contributed by atoms with E-state index < -0.39 is 18.2 Å². The van der Waals surface area contributed by atoms with Crippen LogP contribution in [-0.2, 0) is 14.3 Å². The van der Waals surface area contributed by atoms with Crippen LogP contribution in [0.3, 0.4) is 0 Å². The van der Waals surface area contributed by atoms with Gasteiger partial charge in [0.15, 0.2) is 0 Å².